The molecule has 3 amide bonds. The highest BCUT2D eigenvalue weighted by molar-refractivity contribution is 5.96. The molecule has 1 aliphatic rings. The molecule has 0 atom stereocenters. The van der Waals surface area contributed by atoms with E-state index in [1.807, 2.05) is 48.0 Å². The summed E-state index contributed by atoms with van der Waals surface area (Å²) in [6.45, 7) is 5.26. The summed E-state index contributed by atoms with van der Waals surface area (Å²) in [6.07, 6.45) is 5.86. The van der Waals surface area contributed by atoms with E-state index in [4.69, 9.17) is 5.26 Å². The van der Waals surface area contributed by atoms with Crippen LogP contribution in [-0.4, -0.2) is 59.0 Å². The van der Waals surface area contributed by atoms with Gasteiger partial charge in [0.2, 0.25) is 5.91 Å². The number of nitrogens with zero attached hydrogens (tertiary/aromatic N) is 4. The number of para-hydroxylation sites is 1. The number of aromatic nitrogens is 1. The Bertz CT molecular complexity index is 917. The van der Waals surface area contributed by atoms with Gasteiger partial charge in [-0.1, -0.05) is 18.2 Å². The summed E-state index contributed by atoms with van der Waals surface area (Å²) in [6, 6.07) is 10.1. The molecular weight excluding hydrogens is 354 g/mol. The highest BCUT2D eigenvalue weighted by Crippen LogP contribution is 2.23. The number of carbonyl (C=O) groups is 2. The van der Waals surface area contributed by atoms with Crippen LogP contribution in [0.15, 0.2) is 36.5 Å². The van der Waals surface area contributed by atoms with Crippen LogP contribution in [0.3, 0.4) is 0 Å². The van der Waals surface area contributed by atoms with Crippen molar-refractivity contribution < 1.29 is 9.59 Å². The molecule has 0 unspecified atom stereocenters. The van der Waals surface area contributed by atoms with Gasteiger partial charge in [0.1, 0.15) is 0 Å². The third-order valence-electron chi connectivity index (χ3n) is 4.90. The lowest BCUT2D eigenvalue weighted by Crippen LogP contribution is -2.52. The maximum Gasteiger partial charge on any atom is 0.317 e. The van der Waals surface area contributed by atoms with Crippen molar-refractivity contribution in [1.82, 2.24) is 19.7 Å². The number of benzene rings is 1. The Kier molecular flexibility index (Phi) is 6.33. The molecular formula is C21H25N5O2. The molecule has 1 saturated heterocycles. The van der Waals surface area contributed by atoms with Gasteiger partial charge < -0.3 is 19.7 Å². The lowest BCUT2D eigenvalue weighted by atomic mass is 10.1. The molecule has 1 aromatic carbocycles. The van der Waals surface area contributed by atoms with Crippen LogP contribution in [-0.2, 0) is 11.3 Å². The number of rotatable bonds is 5. The predicted octanol–water partition coefficient (Wildman–Crippen LogP) is 2.44. The summed E-state index contributed by atoms with van der Waals surface area (Å²) in [4.78, 5) is 27.9. The van der Waals surface area contributed by atoms with E-state index in [9.17, 15) is 9.59 Å². The summed E-state index contributed by atoms with van der Waals surface area (Å²) in [5.74, 6) is -0.0515. The van der Waals surface area contributed by atoms with E-state index in [2.05, 4.69) is 11.4 Å². The van der Waals surface area contributed by atoms with Crippen LogP contribution in [0.1, 0.15) is 18.9 Å². The van der Waals surface area contributed by atoms with Gasteiger partial charge in [-0.2, -0.15) is 5.26 Å². The van der Waals surface area contributed by atoms with Gasteiger partial charge in [0.25, 0.3) is 0 Å². The van der Waals surface area contributed by atoms with Crippen molar-refractivity contribution in [3.05, 3.63) is 42.1 Å². The first-order valence-corrected chi connectivity index (χ1v) is 9.58. The number of nitriles is 1. The Labute approximate surface area is 164 Å². The van der Waals surface area contributed by atoms with Crippen LogP contribution in [0.5, 0.6) is 0 Å². The smallest absolute Gasteiger partial charge is 0.317 e. The van der Waals surface area contributed by atoms with Crippen molar-refractivity contribution in [3.8, 4) is 6.07 Å². The van der Waals surface area contributed by atoms with Crippen molar-refractivity contribution in [1.29, 1.82) is 5.26 Å². The number of urea groups is 1. The second-order valence-corrected chi connectivity index (χ2v) is 6.68. The van der Waals surface area contributed by atoms with E-state index in [1.54, 1.807) is 15.9 Å². The van der Waals surface area contributed by atoms with Gasteiger partial charge in [-0.3, -0.25) is 4.79 Å². The standard InChI is InChI=1S/C21H25N5O2/c1-2-23-21(28)25-14-12-24(13-15-25)20(27)9-8-17-16-26(11-5-10-22)19-7-4-3-6-18(17)19/h3-4,6-9,16H,2,5,11-15H2,1H3,(H,23,28)/b9-8+. The third-order valence-corrected chi connectivity index (χ3v) is 4.90. The van der Waals surface area contributed by atoms with Gasteiger partial charge in [0.05, 0.1) is 12.5 Å². The molecule has 7 nitrogen and oxygen atoms in total. The average Bonchev–Trinajstić information content (AvgIpc) is 3.08. The minimum Gasteiger partial charge on any atom is -0.346 e. The number of nitrogens with one attached hydrogen (secondary N) is 1. The molecule has 0 spiro atoms. The Balaban J connectivity index is 1.67. The summed E-state index contributed by atoms with van der Waals surface area (Å²) >= 11 is 0. The van der Waals surface area contributed by atoms with Crippen LogP contribution >= 0.6 is 0 Å². The fraction of sp³-hybridized carbons (Fsp3) is 0.381. The first kappa shape index (κ1) is 19.5. The Morgan fingerprint density at radius 2 is 1.89 bits per heavy atom. The summed E-state index contributed by atoms with van der Waals surface area (Å²) < 4.78 is 2.05. The highest BCUT2D eigenvalue weighted by atomic mass is 16.2. The summed E-state index contributed by atoms with van der Waals surface area (Å²) in [5.41, 5.74) is 2.02. The zero-order chi connectivity index (χ0) is 19.9. The number of aryl methyl sites for hydroxylation is 1. The summed E-state index contributed by atoms with van der Waals surface area (Å²) in [5, 5.41) is 12.7. The van der Waals surface area contributed by atoms with Gasteiger partial charge in [-0.25, -0.2) is 4.79 Å². The molecule has 2 heterocycles. The molecule has 1 aromatic heterocycles. The monoisotopic (exact) mass is 379 g/mol. The lowest BCUT2D eigenvalue weighted by molar-refractivity contribution is -0.127. The third kappa shape index (κ3) is 4.34. The maximum absolute atomic E-state index is 12.6. The highest BCUT2D eigenvalue weighted by Gasteiger charge is 2.22. The van der Waals surface area contributed by atoms with Crippen molar-refractivity contribution in [2.75, 3.05) is 32.7 Å². The molecule has 3 rings (SSSR count). The van der Waals surface area contributed by atoms with Crippen molar-refractivity contribution in [2.24, 2.45) is 0 Å². The molecule has 0 aliphatic carbocycles. The van der Waals surface area contributed by atoms with Crippen molar-refractivity contribution in [3.63, 3.8) is 0 Å². The van der Waals surface area contributed by atoms with Crippen molar-refractivity contribution in [2.45, 2.75) is 19.9 Å². The number of hydrogen-bond acceptors (Lipinski definition) is 3. The van der Waals surface area contributed by atoms with Gasteiger partial charge in [0, 0.05) is 68.0 Å². The van der Waals surface area contributed by atoms with E-state index >= 15 is 0 Å². The van der Waals surface area contributed by atoms with E-state index in [1.165, 1.54) is 0 Å². The quantitative estimate of drug-likeness (QED) is 0.810. The second-order valence-electron chi connectivity index (χ2n) is 6.68. The number of carbonyl (C=O) groups excluding carboxylic acids is 2. The molecule has 0 radical (unpaired) electrons. The molecule has 28 heavy (non-hydrogen) atoms. The van der Waals surface area contributed by atoms with Crippen LogP contribution in [0.4, 0.5) is 4.79 Å². The first-order valence-electron chi connectivity index (χ1n) is 9.58. The van der Waals surface area contributed by atoms with Crippen LogP contribution < -0.4 is 5.32 Å². The van der Waals surface area contributed by atoms with Crippen LogP contribution in [0.2, 0.25) is 0 Å². The largest absolute Gasteiger partial charge is 0.346 e. The van der Waals surface area contributed by atoms with E-state index < -0.39 is 0 Å². The molecule has 1 aliphatic heterocycles. The Morgan fingerprint density at radius 1 is 1.18 bits per heavy atom. The molecule has 7 heteroatoms. The Hall–Kier alpha value is -3.27. The van der Waals surface area contributed by atoms with E-state index in [0.717, 1.165) is 16.5 Å². The summed E-state index contributed by atoms with van der Waals surface area (Å²) in [7, 11) is 0. The van der Waals surface area contributed by atoms with Crippen LogP contribution in [0, 0.1) is 11.3 Å². The number of amides is 3. The Morgan fingerprint density at radius 3 is 2.61 bits per heavy atom. The predicted molar refractivity (Wildman–Crippen MR) is 108 cm³/mol. The zero-order valence-corrected chi connectivity index (χ0v) is 16.1. The van der Waals surface area contributed by atoms with Gasteiger partial charge in [-0.15, -0.1) is 0 Å². The SMILES string of the molecule is CCNC(=O)N1CCN(C(=O)/C=C/c2cn(CCC#N)c3ccccc23)CC1. The molecule has 0 bridgehead atoms. The number of fused-ring (bicyclic) bond motifs is 1. The lowest BCUT2D eigenvalue weighted by Gasteiger charge is -2.34. The zero-order valence-electron chi connectivity index (χ0n) is 16.1. The number of hydrogen-bond donors (Lipinski definition) is 1. The average molecular weight is 379 g/mol. The minimum atomic E-state index is -0.0738. The maximum atomic E-state index is 12.6. The molecule has 2 aromatic rings. The van der Waals surface area contributed by atoms with E-state index in [0.29, 0.717) is 45.7 Å². The molecule has 0 saturated carbocycles. The molecule has 146 valence electrons. The molecule has 1 fully saturated rings. The van der Waals surface area contributed by atoms with Crippen LogP contribution in [0.25, 0.3) is 17.0 Å². The van der Waals surface area contributed by atoms with E-state index in [-0.39, 0.29) is 11.9 Å². The van der Waals surface area contributed by atoms with Gasteiger partial charge in [0.15, 0.2) is 0 Å². The van der Waals surface area contributed by atoms with Gasteiger partial charge >= 0.3 is 6.03 Å². The second kappa shape index (κ2) is 9.09. The fourth-order valence-corrected chi connectivity index (χ4v) is 3.42. The topological polar surface area (TPSA) is 81.4 Å². The first-order chi connectivity index (χ1) is 13.6. The fourth-order valence-electron chi connectivity index (χ4n) is 3.42. The minimum absolute atomic E-state index is 0.0515. The van der Waals surface area contributed by atoms with Crippen molar-refractivity contribution >= 4 is 28.9 Å². The van der Waals surface area contributed by atoms with Gasteiger partial charge in [-0.05, 0) is 19.1 Å². The normalized spacial score (nSPS) is 14.4. The number of piperazine rings is 1. The molecule has 1 N–H and O–H groups in total.